The van der Waals surface area contributed by atoms with Crippen LogP contribution in [0.4, 0.5) is 0 Å². The van der Waals surface area contributed by atoms with Gasteiger partial charge in [0.05, 0.1) is 6.10 Å². The van der Waals surface area contributed by atoms with Gasteiger partial charge in [0.2, 0.25) is 0 Å². The highest BCUT2D eigenvalue weighted by molar-refractivity contribution is 5.14. The van der Waals surface area contributed by atoms with Gasteiger partial charge in [0.25, 0.3) is 0 Å². The number of nitrogens with zero attached hydrogens (tertiary/aromatic N) is 1. The lowest BCUT2D eigenvalue weighted by atomic mass is 10.1. The van der Waals surface area contributed by atoms with E-state index in [1.54, 1.807) is 0 Å². The van der Waals surface area contributed by atoms with E-state index >= 15 is 0 Å². The molecule has 0 aromatic heterocycles. The summed E-state index contributed by atoms with van der Waals surface area (Å²) in [5.41, 5.74) is 1.29. The molecule has 0 saturated heterocycles. The third kappa shape index (κ3) is 5.29. The molecule has 1 atom stereocenters. The zero-order valence-electron chi connectivity index (χ0n) is 10.1. The standard InChI is InChI=1S/C14H22NO/c1-3-4-10-14(16)12-15(2)11-13-8-6-5-7-9-13/h5-9,14,16H,1,3-4,10-12H2,2H3. The molecule has 0 aliphatic carbocycles. The Morgan fingerprint density at radius 1 is 1.31 bits per heavy atom. The van der Waals surface area contributed by atoms with Crippen molar-refractivity contribution < 1.29 is 5.11 Å². The van der Waals surface area contributed by atoms with Gasteiger partial charge < -0.3 is 5.11 Å². The van der Waals surface area contributed by atoms with Gasteiger partial charge in [-0.2, -0.15) is 0 Å². The topological polar surface area (TPSA) is 23.5 Å². The number of likely N-dealkylation sites (N-methyl/N-ethyl adjacent to an activating group) is 1. The minimum atomic E-state index is -0.226. The molecule has 0 spiro atoms. The van der Waals surface area contributed by atoms with Gasteiger partial charge in [0, 0.05) is 13.1 Å². The Kier molecular flexibility index (Phi) is 6.12. The first-order chi connectivity index (χ1) is 7.72. The maximum Gasteiger partial charge on any atom is 0.0667 e. The van der Waals surface area contributed by atoms with Crippen LogP contribution < -0.4 is 0 Å². The molecular weight excluding hydrogens is 198 g/mol. The first-order valence-corrected chi connectivity index (χ1v) is 5.92. The third-order valence-corrected chi connectivity index (χ3v) is 2.61. The number of benzene rings is 1. The maximum absolute atomic E-state index is 9.76. The van der Waals surface area contributed by atoms with E-state index in [0.29, 0.717) is 0 Å². The van der Waals surface area contributed by atoms with E-state index in [9.17, 15) is 5.11 Å². The van der Waals surface area contributed by atoms with E-state index < -0.39 is 0 Å². The van der Waals surface area contributed by atoms with E-state index in [4.69, 9.17) is 0 Å². The van der Waals surface area contributed by atoms with Crippen molar-refractivity contribution in [2.24, 2.45) is 0 Å². The van der Waals surface area contributed by atoms with Crippen molar-refractivity contribution in [2.75, 3.05) is 13.6 Å². The summed E-state index contributed by atoms with van der Waals surface area (Å²) in [5.74, 6) is 0. The van der Waals surface area contributed by atoms with Crippen LogP contribution >= 0.6 is 0 Å². The number of hydrogen-bond donors (Lipinski definition) is 1. The van der Waals surface area contributed by atoms with Crippen molar-refractivity contribution in [3.63, 3.8) is 0 Å². The highest BCUT2D eigenvalue weighted by Gasteiger charge is 2.07. The quantitative estimate of drug-likeness (QED) is 0.763. The van der Waals surface area contributed by atoms with Gasteiger partial charge in [-0.3, -0.25) is 4.90 Å². The molecular formula is C14H22NO. The summed E-state index contributed by atoms with van der Waals surface area (Å²) in [6.45, 7) is 5.40. The van der Waals surface area contributed by atoms with Gasteiger partial charge in [-0.05, 0) is 19.0 Å². The molecule has 16 heavy (non-hydrogen) atoms. The van der Waals surface area contributed by atoms with Crippen LogP contribution in [0.3, 0.4) is 0 Å². The third-order valence-electron chi connectivity index (χ3n) is 2.61. The Labute approximate surface area is 98.9 Å². The smallest absolute Gasteiger partial charge is 0.0667 e. The number of rotatable bonds is 7. The van der Waals surface area contributed by atoms with Crippen molar-refractivity contribution in [1.29, 1.82) is 0 Å². The molecule has 1 unspecified atom stereocenters. The summed E-state index contributed by atoms with van der Waals surface area (Å²) in [6, 6.07) is 10.3. The lowest BCUT2D eigenvalue weighted by Gasteiger charge is -2.20. The van der Waals surface area contributed by atoms with Crippen LogP contribution in [0.2, 0.25) is 0 Å². The summed E-state index contributed by atoms with van der Waals surface area (Å²) < 4.78 is 0. The highest BCUT2D eigenvalue weighted by atomic mass is 16.3. The van der Waals surface area contributed by atoms with Gasteiger partial charge >= 0.3 is 0 Å². The zero-order chi connectivity index (χ0) is 11.8. The van der Waals surface area contributed by atoms with Crippen LogP contribution in [-0.2, 0) is 6.54 Å². The minimum absolute atomic E-state index is 0.226. The second-order valence-electron chi connectivity index (χ2n) is 4.33. The Morgan fingerprint density at radius 3 is 2.62 bits per heavy atom. The molecule has 2 heteroatoms. The van der Waals surface area contributed by atoms with E-state index in [0.717, 1.165) is 32.4 Å². The van der Waals surface area contributed by atoms with Crippen molar-refractivity contribution in [3.05, 3.63) is 42.8 Å². The van der Waals surface area contributed by atoms with E-state index in [-0.39, 0.29) is 6.10 Å². The predicted molar refractivity (Wildman–Crippen MR) is 68.0 cm³/mol. The van der Waals surface area contributed by atoms with E-state index in [1.165, 1.54) is 5.56 Å². The molecule has 89 valence electrons. The molecule has 1 aromatic rings. The van der Waals surface area contributed by atoms with Gasteiger partial charge in [0.15, 0.2) is 0 Å². The molecule has 1 aromatic carbocycles. The average molecular weight is 220 g/mol. The SMILES string of the molecule is [CH2]CCCC(O)CN(C)Cc1ccccc1. The molecule has 0 bridgehead atoms. The first kappa shape index (κ1) is 13.2. The molecule has 0 saturated carbocycles. The molecule has 1 radical (unpaired) electrons. The molecule has 0 aliphatic heterocycles. The number of aliphatic hydroxyl groups excluding tert-OH is 1. The minimum Gasteiger partial charge on any atom is -0.392 e. The Hall–Kier alpha value is -0.860. The Morgan fingerprint density at radius 2 is 2.00 bits per heavy atom. The van der Waals surface area contributed by atoms with Crippen molar-refractivity contribution in [3.8, 4) is 0 Å². The monoisotopic (exact) mass is 220 g/mol. The first-order valence-electron chi connectivity index (χ1n) is 5.92. The molecule has 1 N–H and O–H groups in total. The van der Waals surface area contributed by atoms with Crippen LogP contribution in [0.1, 0.15) is 24.8 Å². The maximum atomic E-state index is 9.76. The molecule has 0 fully saturated rings. The highest BCUT2D eigenvalue weighted by Crippen LogP contribution is 2.06. The summed E-state index contributed by atoms with van der Waals surface area (Å²) >= 11 is 0. The summed E-state index contributed by atoms with van der Waals surface area (Å²) in [6.07, 6.45) is 2.53. The molecule has 0 amide bonds. The summed E-state index contributed by atoms with van der Waals surface area (Å²) in [7, 11) is 2.04. The van der Waals surface area contributed by atoms with Gasteiger partial charge in [0.1, 0.15) is 0 Å². The number of hydrogen-bond acceptors (Lipinski definition) is 2. The molecule has 0 aliphatic rings. The summed E-state index contributed by atoms with van der Waals surface area (Å²) in [5, 5.41) is 9.76. The van der Waals surface area contributed by atoms with E-state index in [2.05, 4.69) is 24.0 Å². The average Bonchev–Trinajstić information content (AvgIpc) is 2.27. The fraction of sp³-hybridized carbons (Fsp3) is 0.500. The predicted octanol–water partition coefficient (Wildman–Crippen LogP) is 2.48. The fourth-order valence-corrected chi connectivity index (χ4v) is 1.79. The number of aliphatic hydroxyl groups is 1. The van der Waals surface area contributed by atoms with Crippen molar-refractivity contribution in [1.82, 2.24) is 4.90 Å². The summed E-state index contributed by atoms with van der Waals surface area (Å²) in [4.78, 5) is 2.16. The molecule has 2 nitrogen and oxygen atoms in total. The van der Waals surface area contributed by atoms with Crippen molar-refractivity contribution in [2.45, 2.75) is 31.9 Å². The van der Waals surface area contributed by atoms with E-state index in [1.807, 2.05) is 25.2 Å². The van der Waals surface area contributed by atoms with Gasteiger partial charge in [-0.1, -0.05) is 50.1 Å². The number of unbranched alkanes of at least 4 members (excludes halogenated alkanes) is 1. The van der Waals surface area contributed by atoms with Crippen LogP contribution in [0, 0.1) is 6.92 Å². The van der Waals surface area contributed by atoms with Crippen molar-refractivity contribution >= 4 is 0 Å². The van der Waals surface area contributed by atoms with Crippen LogP contribution in [-0.4, -0.2) is 29.7 Å². The normalized spacial score (nSPS) is 13.0. The van der Waals surface area contributed by atoms with Gasteiger partial charge in [-0.15, -0.1) is 0 Å². The fourth-order valence-electron chi connectivity index (χ4n) is 1.79. The largest absolute Gasteiger partial charge is 0.392 e. The Bertz CT molecular complexity index is 273. The van der Waals surface area contributed by atoms with Crippen LogP contribution in [0.25, 0.3) is 0 Å². The van der Waals surface area contributed by atoms with Crippen LogP contribution in [0.5, 0.6) is 0 Å². The lowest BCUT2D eigenvalue weighted by molar-refractivity contribution is 0.113. The lowest BCUT2D eigenvalue weighted by Crippen LogP contribution is -2.28. The second kappa shape index (κ2) is 7.42. The van der Waals surface area contributed by atoms with Gasteiger partial charge in [-0.25, -0.2) is 0 Å². The zero-order valence-corrected chi connectivity index (χ0v) is 10.1. The molecule has 0 heterocycles. The molecule has 1 rings (SSSR count). The second-order valence-corrected chi connectivity index (χ2v) is 4.33. The Balaban J connectivity index is 2.27. The van der Waals surface area contributed by atoms with Crippen LogP contribution in [0.15, 0.2) is 30.3 Å².